The maximum absolute atomic E-state index is 12.1. The van der Waals surface area contributed by atoms with Gasteiger partial charge in [0.05, 0.1) is 23.5 Å². The van der Waals surface area contributed by atoms with E-state index in [-0.39, 0.29) is 0 Å². The number of fused-ring (bicyclic) bond motifs is 1. The van der Waals surface area contributed by atoms with E-state index in [2.05, 4.69) is 4.98 Å². The Balaban J connectivity index is 2.00. The molecule has 0 aliphatic heterocycles. The normalized spacial score (nSPS) is 12.3. The van der Waals surface area contributed by atoms with Crippen LogP contribution in [0, 0.1) is 13.8 Å². The highest BCUT2D eigenvalue weighted by atomic mass is 35.5. The molecule has 4 rings (SSSR count). The van der Waals surface area contributed by atoms with E-state index in [1.165, 1.54) is 0 Å². The molecule has 7 heteroatoms. The van der Waals surface area contributed by atoms with Crippen LogP contribution in [0.5, 0.6) is 5.75 Å². The number of hydrogen-bond acceptors (Lipinski definition) is 4. The fraction of sp³-hybridized carbons (Fsp3) is 0.182. The molecular weight excluding hydrogens is 406 g/mol. The summed E-state index contributed by atoms with van der Waals surface area (Å²) in [4.78, 5) is 10.0. The maximum atomic E-state index is 12.1. The molecule has 148 valence electrons. The van der Waals surface area contributed by atoms with Crippen LogP contribution < -0.4 is 4.74 Å². The first-order chi connectivity index (χ1) is 13.9. The highest BCUT2D eigenvalue weighted by molar-refractivity contribution is 7.90. The second-order valence-corrected chi connectivity index (χ2v) is 8.56. The van der Waals surface area contributed by atoms with Gasteiger partial charge in [0.25, 0.3) is 0 Å². The van der Waals surface area contributed by atoms with Crippen LogP contribution in [0.2, 0.25) is 5.02 Å². The number of imidazole rings is 1. The van der Waals surface area contributed by atoms with Crippen molar-refractivity contribution in [1.82, 2.24) is 14.4 Å². The van der Waals surface area contributed by atoms with E-state index in [0.717, 1.165) is 39.5 Å². The zero-order valence-electron chi connectivity index (χ0n) is 16.6. The van der Waals surface area contributed by atoms with Crippen molar-refractivity contribution in [2.45, 2.75) is 18.7 Å². The number of aromatic nitrogens is 3. The van der Waals surface area contributed by atoms with Crippen LogP contribution >= 0.6 is 11.6 Å². The van der Waals surface area contributed by atoms with Crippen LogP contribution in [0.1, 0.15) is 11.3 Å². The summed E-state index contributed by atoms with van der Waals surface area (Å²) in [6.45, 7) is 3.86. The Hall–Kier alpha value is -2.54. The number of aryl methyl sites for hydroxylation is 2. The number of methoxy groups -OCH3 is 1. The van der Waals surface area contributed by atoms with Crippen molar-refractivity contribution in [3.8, 4) is 28.3 Å². The molecule has 1 atom stereocenters. The average Bonchev–Trinajstić information content (AvgIpc) is 3.05. The van der Waals surface area contributed by atoms with Crippen LogP contribution in [0.3, 0.4) is 0 Å². The molecular formula is C22H20ClN3O2S. The van der Waals surface area contributed by atoms with Gasteiger partial charge in [-0.15, -0.1) is 0 Å². The lowest BCUT2D eigenvalue weighted by Gasteiger charge is -2.13. The molecule has 0 saturated heterocycles. The third-order valence-corrected chi connectivity index (χ3v) is 6.31. The van der Waals surface area contributed by atoms with Crippen molar-refractivity contribution in [3.05, 3.63) is 64.9 Å². The van der Waals surface area contributed by atoms with Crippen LogP contribution in [0.4, 0.5) is 0 Å². The molecule has 2 heterocycles. The summed E-state index contributed by atoms with van der Waals surface area (Å²) >= 11 is 5.34. The van der Waals surface area contributed by atoms with Gasteiger partial charge in [-0.3, -0.25) is 4.40 Å². The van der Waals surface area contributed by atoms with Gasteiger partial charge in [0, 0.05) is 28.6 Å². The summed E-state index contributed by atoms with van der Waals surface area (Å²) in [6.07, 6.45) is 3.60. The van der Waals surface area contributed by atoms with E-state index in [1.54, 1.807) is 13.4 Å². The molecule has 0 spiro atoms. The molecule has 0 fully saturated rings. The summed E-state index contributed by atoms with van der Waals surface area (Å²) in [7, 11) is 1.64. The lowest BCUT2D eigenvalue weighted by atomic mass is 10.0. The van der Waals surface area contributed by atoms with E-state index in [0.29, 0.717) is 15.7 Å². The quantitative estimate of drug-likeness (QED) is 0.428. The van der Waals surface area contributed by atoms with E-state index >= 15 is 0 Å². The second kappa shape index (κ2) is 7.71. The first-order valence-corrected chi connectivity index (χ1v) is 11.0. The Morgan fingerprint density at radius 2 is 1.76 bits per heavy atom. The summed E-state index contributed by atoms with van der Waals surface area (Å²) in [6, 6.07) is 13.6. The largest absolute Gasteiger partial charge is 0.612 e. The van der Waals surface area contributed by atoms with Gasteiger partial charge in [-0.05, 0) is 67.5 Å². The van der Waals surface area contributed by atoms with Gasteiger partial charge in [0.1, 0.15) is 12.0 Å². The Morgan fingerprint density at radius 1 is 1.03 bits per heavy atom. The molecule has 2 aromatic heterocycles. The van der Waals surface area contributed by atoms with Crippen molar-refractivity contribution in [1.29, 1.82) is 0 Å². The molecule has 0 aliphatic carbocycles. The van der Waals surface area contributed by atoms with Crippen LogP contribution in [0.25, 0.3) is 28.3 Å². The number of rotatable bonds is 4. The lowest BCUT2D eigenvalue weighted by Crippen LogP contribution is -2.02. The molecule has 0 radical (unpaired) electrons. The van der Waals surface area contributed by atoms with E-state index < -0.39 is 11.2 Å². The molecule has 0 amide bonds. The van der Waals surface area contributed by atoms with Crippen molar-refractivity contribution in [2.75, 3.05) is 13.4 Å². The van der Waals surface area contributed by atoms with Crippen molar-refractivity contribution >= 4 is 28.6 Å². The molecule has 0 bridgehead atoms. The fourth-order valence-electron chi connectivity index (χ4n) is 3.48. The van der Waals surface area contributed by atoms with Gasteiger partial charge >= 0.3 is 0 Å². The van der Waals surface area contributed by atoms with Crippen LogP contribution in [-0.4, -0.2) is 32.3 Å². The number of nitrogens with zero attached hydrogens (tertiary/aromatic N) is 3. The summed E-state index contributed by atoms with van der Waals surface area (Å²) < 4.78 is 19.3. The molecule has 0 aliphatic rings. The minimum absolute atomic E-state index is 0.483. The molecule has 0 N–H and O–H groups in total. The summed E-state index contributed by atoms with van der Waals surface area (Å²) in [5.41, 5.74) is 5.29. The minimum atomic E-state index is -1.16. The Morgan fingerprint density at radius 3 is 2.38 bits per heavy atom. The summed E-state index contributed by atoms with van der Waals surface area (Å²) in [5.74, 6) is 1.39. The van der Waals surface area contributed by atoms with Crippen molar-refractivity contribution in [3.63, 3.8) is 0 Å². The van der Waals surface area contributed by atoms with Gasteiger partial charge in [-0.1, -0.05) is 11.6 Å². The van der Waals surface area contributed by atoms with Gasteiger partial charge in [0.15, 0.2) is 4.90 Å². The second-order valence-electron chi connectivity index (χ2n) is 6.83. The topological polar surface area (TPSA) is 62.5 Å². The van der Waals surface area contributed by atoms with Crippen LogP contribution in [0.15, 0.2) is 53.6 Å². The highest BCUT2D eigenvalue weighted by Gasteiger charge is 2.21. The average molecular weight is 426 g/mol. The highest BCUT2D eigenvalue weighted by Crippen LogP contribution is 2.37. The SMILES string of the molecule is COc1ccc(-c2nc3nc(C)ccn3c2-c2cc(C)c([S+](C)[O-])c(Cl)c2)cc1. The van der Waals surface area contributed by atoms with Crippen molar-refractivity contribution < 1.29 is 9.29 Å². The lowest BCUT2D eigenvalue weighted by molar-refractivity contribution is 0.415. The standard InChI is InChI=1S/C22H20ClN3O2S/c1-13-11-16(12-18(23)21(13)29(4)27)20-19(15-5-7-17(28-3)8-6-15)25-22-24-14(2)9-10-26(20)22/h5-12H,1-4H3. The van der Waals surface area contributed by atoms with Gasteiger partial charge < -0.3 is 9.29 Å². The Kier molecular flexibility index (Phi) is 5.25. The van der Waals surface area contributed by atoms with Crippen molar-refractivity contribution in [2.24, 2.45) is 0 Å². The molecule has 29 heavy (non-hydrogen) atoms. The predicted molar refractivity (Wildman–Crippen MR) is 117 cm³/mol. The molecule has 0 saturated carbocycles. The third kappa shape index (κ3) is 3.59. The fourth-order valence-corrected chi connectivity index (χ4v) is 4.91. The number of hydrogen-bond donors (Lipinski definition) is 0. The van der Waals surface area contributed by atoms with E-state index in [9.17, 15) is 4.55 Å². The zero-order valence-corrected chi connectivity index (χ0v) is 18.1. The van der Waals surface area contributed by atoms with Gasteiger partial charge in [-0.2, -0.15) is 0 Å². The van der Waals surface area contributed by atoms with Crippen LogP contribution in [-0.2, 0) is 11.2 Å². The molecule has 2 aromatic carbocycles. The van der Waals surface area contributed by atoms with E-state index in [1.807, 2.05) is 66.9 Å². The first kappa shape index (κ1) is 19.8. The Bertz CT molecular complexity index is 1180. The number of ether oxygens (including phenoxy) is 1. The monoisotopic (exact) mass is 425 g/mol. The first-order valence-electron chi connectivity index (χ1n) is 9.03. The maximum Gasteiger partial charge on any atom is 0.235 e. The molecule has 1 unspecified atom stereocenters. The van der Waals surface area contributed by atoms with Gasteiger partial charge in [-0.25, -0.2) is 9.97 Å². The molecule has 4 aromatic rings. The molecule has 5 nitrogen and oxygen atoms in total. The number of benzene rings is 2. The zero-order chi connectivity index (χ0) is 20.7. The Labute approximate surface area is 177 Å². The number of halogens is 1. The third-order valence-electron chi connectivity index (χ3n) is 4.79. The smallest absolute Gasteiger partial charge is 0.235 e. The summed E-state index contributed by atoms with van der Waals surface area (Å²) in [5, 5.41) is 0.483. The van der Waals surface area contributed by atoms with E-state index in [4.69, 9.17) is 21.3 Å². The van der Waals surface area contributed by atoms with Gasteiger partial charge in [0.2, 0.25) is 5.78 Å². The minimum Gasteiger partial charge on any atom is -0.612 e. The predicted octanol–water partition coefficient (Wildman–Crippen LogP) is 5.08.